The molecule has 0 spiro atoms. The summed E-state index contributed by atoms with van der Waals surface area (Å²) in [5.74, 6) is -0.303. The third-order valence-corrected chi connectivity index (χ3v) is 3.08. The van der Waals surface area contributed by atoms with Gasteiger partial charge < -0.3 is 10.6 Å². The number of hydrogen-bond donors (Lipinski definition) is 2. The van der Waals surface area contributed by atoms with E-state index >= 15 is 0 Å². The zero-order chi connectivity index (χ0) is 15.9. The minimum Gasteiger partial charge on any atom is -0.376 e. The first-order valence-corrected chi connectivity index (χ1v) is 6.73. The predicted octanol–water partition coefficient (Wildman–Crippen LogP) is 3.13. The highest BCUT2D eigenvalue weighted by Gasteiger charge is 2.07. The van der Waals surface area contributed by atoms with E-state index in [2.05, 4.69) is 10.6 Å². The topological polar surface area (TPSA) is 88.7 Å². The van der Waals surface area contributed by atoms with Gasteiger partial charge in [-0.15, -0.1) is 0 Å². The molecular formula is C16H11ClN4O. The first-order chi connectivity index (χ1) is 10.6. The Kier molecular flexibility index (Phi) is 4.98. The molecule has 6 heteroatoms. The smallest absolute Gasteiger partial charge is 0.243 e. The lowest BCUT2D eigenvalue weighted by Gasteiger charge is -2.09. The molecule has 2 aromatic rings. The second-order valence-electron chi connectivity index (χ2n) is 4.39. The van der Waals surface area contributed by atoms with Crippen LogP contribution in [0.4, 0.5) is 11.4 Å². The Morgan fingerprint density at radius 1 is 1.09 bits per heavy atom. The maximum Gasteiger partial charge on any atom is 0.243 e. The molecule has 0 heterocycles. The highest BCUT2D eigenvalue weighted by molar-refractivity contribution is 6.31. The zero-order valence-electron chi connectivity index (χ0n) is 11.4. The molecule has 0 saturated heterocycles. The number of hydrogen-bond acceptors (Lipinski definition) is 4. The molecule has 2 aromatic carbocycles. The molecule has 0 aliphatic heterocycles. The molecule has 0 unspecified atom stereocenters. The van der Waals surface area contributed by atoms with Crippen LogP contribution in [0.2, 0.25) is 5.02 Å². The van der Waals surface area contributed by atoms with Gasteiger partial charge in [0.1, 0.15) is 6.07 Å². The number of nitrogens with zero attached hydrogens (tertiary/aromatic N) is 2. The summed E-state index contributed by atoms with van der Waals surface area (Å²) in [7, 11) is 0. The third kappa shape index (κ3) is 3.99. The third-order valence-electron chi connectivity index (χ3n) is 2.84. The molecular weight excluding hydrogens is 300 g/mol. The summed E-state index contributed by atoms with van der Waals surface area (Å²) < 4.78 is 0. The molecule has 2 rings (SSSR count). The summed E-state index contributed by atoms with van der Waals surface area (Å²) >= 11 is 5.86. The van der Waals surface area contributed by atoms with Crippen molar-refractivity contribution < 1.29 is 4.79 Å². The number of halogens is 1. The van der Waals surface area contributed by atoms with E-state index in [-0.39, 0.29) is 12.5 Å². The van der Waals surface area contributed by atoms with Crippen molar-refractivity contribution in [2.45, 2.75) is 0 Å². The van der Waals surface area contributed by atoms with Crippen molar-refractivity contribution in [3.05, 3.63) is 58.6 Å². The number of amides is 1. The highest BCUT2D eigenvalue weighted by Crippen LogP contribution is 2.20. The van der Waals surface area contributed by atoms with Crippen LogP contribution in [-0.4, -0.2) is 12.5 Å². The fraction of sp³-hybridized carbons (Fsp3) is 0.0625. The van der Waals surface area contributed by atoms with Gasteiger partial charge in [-0.25, -0.2) is 0 Å². The zero-order valence-corrected chi connectivity index (χ0v) is 12.2. The second-order valence-corrected chi connectivity index (χ2v) is 4.83. The number of nitrogens with one attached hydrogen (secondary N) is 2. The van der Waals surface area contributed by atoms with Crippen molar-refractivity contribution in [2.24, 2.45) is 0 Å². The summed E-state index contributed by atoms with van der Waals surface area (Å²) in [4.78, 5) is 11.9. The van der Waals surface area contributed by atoms with Crippen LogP contribution < -0.4 is 10.6 Å². The highest BCUT2D eigenvalue weighted by atomic mass is 35.5. The van der Waals surface area contributed by atoms with Crippen LogP contribution in [-0.2, 0) is 4.79 Å². The largest absolute Gasteiger partial charge is 0.376 e. The van der Waals surface area contributed by atoms with Crippen molar-refractivity contribution in [2.75, 3.05) is 17.2 Å². The van der Waals surface area contributed by atoms with Crippen LogP contribution in [0.5, 0.6) is 0 Å². The van der Waals surface area contributed by atoms with Crippen LogP contribution in [0, 0.1) is 22.7 Å². The van der Waals surface area contributed by atoms with Gasteiger partial charge in [-0.05, 0) is 42.5 Å². The summed E-state index contributed by atoms with van der Waals surface area (Å²) in [6.45, 7) is 0.0310. The summed E-state index contributed by atoms with van der Waals surface area (Å²) in [6.07, 6.45) is 0. The monoisotopic (exact) mass is 310 g/mol. The number of carbonyl (C=O) groups is 1. The molecule has 0 fully saturated rings. The molecule has 2 N–H and O–H groups in total. The lowest BCUT2D eigenvalue weighted by atomic mass is 10.2. The Morgan fingerprint density at radius 2 is 1.82 bits per heavy atom. The quantitative estimate of drug-likeness (QED) is 0.908. The van der Waals surface area contributed by atoms with Crippen molar-refractivity contribution in [1.82, 2.24) is 0 Å². The fourth-order valence-electron chi connectivity index (χ4n) is 1.76. The molecule has 0 atom stereocenters. The first kappa shape index (κ1) is 15.4. The Hall–Kier alpha value is -3.02. The van der Waals surface area contributed by atoms with Crippen molar-refractivity contribution in [3.8, 4) is 12.1 Å². The van der Waals surface area contributed by atoms with Gasteiger partial charge in [-0.2, -0.15) is 10.5 Å². The summed E-state index contributed by atoms with van der Waals surface area (Å²) in [5.41, 5.74) is 1.99. The molecule has 0 aromatic heterocycles. The molecule has 0 aliphatic carbocycles. The number of benzene rings is 2. The molecule has 22 heavy (non-hydrogen) atoms. The second kappa shape index (κ2) is 7.12. The molecule has 5 nitrogen and oxygen atoms in total. The van der Waals surface area contributed by atoms with Gasteiger partial charge in [0.05, 0.1) is 29.4 Å². The van der Waals surface area contributed by atoms with Crippen molar-refractivity contribution in [3.63, 3.8) is 0 Å². The van der Waals surface area contributed by atoms with Crippen molar-refractivity contribution in [1.29, 1.82) is 10.5 Å². The average Bonchev–Trinajstić information content (AvgIpc) is 2.53. The van der Waals surface area contributed by atoms with E-state index in [1.165, 1.54) is 6.07 Å². The van der Waals surface area contributed by atoms with Gasteiger partial charge in [-0.1, -0.05) is 11.6 Å². The molecule has 0 saturated carbocycles. The number of nitriles is 2. The van der Waals surface area contributed by atoms with Crippen LogP contribution in [0.1, 0.15) is 11.1 Å². The van der Waals surface area contributed by atoms with Crippen LogP contribution in [0.15, 0.2) is 42.5 Å². The maximum absolute atomic E-state index is 11.9. The Balaban J connectivity index is 1.97. The molecule has 108 valence electrons. The lowest BCUT2D eigenvalue weighted by Crippen LogP contribution is -2.22. The fourth-order valence-corrected chi connectivity index (χ4v) is 1.93. The SMILES string of the molecule is N#Cc1ccc(NCC(=O)Nc2cc(Cl)ccc2C#N)cc1. The van der Waals surface area contributed by atoms with E-state index in [4.69, 9.17) is 22.1 Å². The van der Waals surface area contributed by atoms with Crippen LogP contribution >= 0.6 is 11.6 Å². The Labute approximate surface area is 132 Å². The summed E-state index contributed by atoms with van der Waals surface area (Å²) in [5, 5.41) is 23.7. The van der Waals surface area contributed by atoms with Gasteiger partial charge in [0.25, 0.3) is 0 Å². The molecule has 0 radical (unpaired) electrons. The lowest BCUT2D eigenvalue weighted by molar-refractivity contribution is -0.114. The Bertz CT molecular complexity index is 772. The van der Waals surface area contributed by atoms with E-state index in [1.807, 2.05) is 12.1 Å². The number of anilines is 2. The number of carbonyl (C=O) groups excluding carboxylic acids is 1. The summed E-state index contributed by atoms with van der Waals surface area (Å²) in [6, 6.07) is 15.4. The predicted molar refractivity (Wildman–Crippen MR) is 84.4 cm³/mol. The van der Waals surface area contributed by atoms with Gasteiger partial charge in [0.2, 0.25) is 5.91 Å². The van der Waals surface area contributed by atoms with Gasteiger partial charge in [0, 0.05) is 10.7 Å². The minimum atomic E-state index is -0.303. The van der Waals surface area contributed by atoms with Gasteiger partial charge >= 0.3 is 0 Å². The molecule has 1 amide bonds. The minimum absolute atomic E-state index is 0.0310. The van der Waals surface area contributed by atoms with Crippen LogP contribution in [0.3, 0.4) is 0 Å². The standard InChI is InChI=1S/C16H11ClN4O/c17-13-4-3-12(9-19)15(7-13)21-16(22)10-20-14-5-1-11(8-18)2-6-14/h1-7,20H,10H2,(H,21,22). The van der Waals surface area contributed by atoms with Gasteiger partial charge in [-0.3, -0.25) is 4.79 Å². The van der Waals surface area contributed by atoms with Gasteiger partial charge in [0.15, 0.2) is 0 Å². The van der Waals surface area contributed by atoms with E-state index in [0.717, 1.165) is 5.69 Å². The van der Waals surface area contributed by atoms with E-state index in [1.54, 1.807) is 36.4 Å². The van der Waals surface area contributed by atoms with Crippen LogP contribution in [0.25, 0.3) is 0 Å². The van der Waals surface area contributed by atoms with E-state index < -0.39 is 0 Å². The molecule has 0 bridgehead atoms. The van der Waals surface area contributed by atoms with E-state index in [0.29, 0.717) is 21.8 Å². The first-order valence-electron chi connectivity index (χ1n) is 6.36. The van der Waals surface area contributed by atoms with E-state index in [9.17, 15) is 4.79 Å². The maximum atomic E-state index is 11.9. The normalized spacial score (nSPS) is 9.41. The molecule has 0 aliphatic rings. The van der Waals surface area contributed by atoms with Crippen molar-refractivity contribution >= 4 is 28.9 Å². The number of rotatable bonds is 4. The Morgan fingerprint density at radius 3 is 2.45 bits per heavy atom. The average molecular weight is 311 g/mol.